The highest BCUT2D eigenvalue weighted by molar-refractivity contribution is 5.95. The van der Waals surface area contributed by atoms with E-state index in [9.17, 15) is 4.79 Å². The molecule has 1 aromatic rings. The number of carbonyl (C=O) groups is 1. The first-order chi connectivity index (χ1) is 7.17. The monoisotopic (exact) mass is 204 g/mol. The molecule has 0 fully saturated rings. The van der Waals surface area contributed by atoms with E-state index in [0.29, 0.717) is 6.42 Å². The van der Waals surface area contributed by atoms with Gasteiger partial charge in [-0.15, -0.1) is 0 Å². The SMILES string of the molecule is CCC(=O)c1ccc(CC(C)CC)cc1. The maximum Gasteiger partial charge on any atom is 0.162 e. The summed E-state index contributed by atoms with van der Waals surface area (Å²) in [5, 5.41) is 0. The fraction of sp³-hybridized carbons (Fsp3) is 0.500. The van der Waals surface area contributed by atoms with Crippen LogP contribution in [0.2, 0.25) is 0 Å². The van der Waals surface area contributed by atoms with Crippen LogP contribution >= 0.6 is 0 Å². The molecule has 0 spiro atoms. The third kappa shape index (κ3) is 3.50. The van der Waals surface area contributed by atoms with Crippen molar-refractivity contribution in [2.24, 2.45) is 5.92 Å². The van der Waals surface area contributed by atoms with Gasteiger partial charge in [0.2, 0.25) is 0 Å². The fourth-order valence-electron chi connectivity index (χ4n) is 1.58. The normalized spacial score (nSPS) is 12.5. The van der Waals surface area contributed by atoms with Crippen molar-refractivity contribution in [3.8, 4) is 0 Å². The Labute approximate surface area is 92.5 Å². The molecule has 1 atom stereocenters. The van der Waals surface area contributed by atoms with Gasteiger partial charge >= 0.3 is 0 Å². The van der Waals surface area contributed by atoms with Gasteiger partial charge in [0.1, 0.15) is 0 Å². The van der Waals surface area contributed by atoms with Crippen molar-refractivity contribution in [3.05, 3.63) is 35.4 Å². The van der Waals surface area contributed by atoms with E-state index in [2.05, 4.69) is 26.0 Å². The average molecular weight is 204 g/mol. The number of Topliss-reactive ketones (excluding diaryl/α,β-unsaturated/α-hetero) is 1. The van der Waals surface area contributed by atoms with Gasteiger partial charge in [-0.3, -0.25) is 4.79 Å². The van der Waals surface area contributed by atoms with Gasteiger partial charge in [-0.05, 0) is 17.9 Å². The molecule has 15 heavy (non-hydrogen) atoms. The van der Waals surface area contributed by atoms with Crippen molar-refractivity contribution in [2.75, 3.05) is 0 Å². The molecule has 0 N–H and O–H groups in total. The summed E-state index contributed by atoms with van der Waals surface area (Å²) in [6.07, 6.45) is 2.90. The molecule has 1 unspecified atom stereocenters. The zero-order chi connectivity index (χ0) is 11.3. The van der Waals surface area contributed by atoms with Crippen LogP contribution in [-0.4, -0.2) is 5.78 Å². The summed E-state index contributed by atoms with van der Waals surface area (Å²) in [5.41, 5.74) is 2.17. The second kappa shape index (κ2) is 5.69. The van der Waals surface area contributed by atoms with Crippen LogP contribution in [0.15, 0.2) is 24.3 Å². The fourth-order valence-corrected chi connectivity index (χ4v) is 1.58. The Morgan fingerprint density at radius 1 is 1.20 bits per heavy atom. The quantitative estimate of drug-likeness (QED) is 0.665. The Balaban J connectivity index is 2.68. The predicted octanol–water partition coefficient (Wildman–Crippen LogP) is 3.87. The van der Waals surface area contributed by atoms with Crippen LogP contribution in [0.25, 0.3) is 0 Å². The molecule has 0 heterocycles. The van der Waals surface area contributed by atoms with Gasteiger partial charge in [-0.1, -0.05) is 51.5 Å². The summed E-state index contributed by atoms with van der Waals surface area (Å²) in [7, 11) is 0. The van der Waals surface area contributed by atoms with Crippen LogP contribution in [0.5, 0.6) is 0 Å². The largest absolute Gasteiger partial charge is 0.294 e. The minimum atomic E-state index is 0.227. The molecule has 0 aliphatic rings. The predicted molar refractivity (Wildman–Crippen MR) is 64.2 cm³/mol. The number of ketones is 1. The van der Waals surface area contributed by atoms with Crippen LogP contribution in [0.4, 0.5) is 0 Å². The minimum Gasteiger partial charge on any atom is -0.294 e. The molecule has 0 aliphatic heterocycles. The topological polar surface area (TPSA) is 17.1 Å². The summed E-state index contributed by atoms with van der Waals surface area (Å²) in [6.45, 7) is 6.36. The summed E-state index contributed by atoms with van der Waals surface area (Å²) in [4.78, 5) is 11.4. The van der Waals surface area contributed by atoms with Crippen molar-refractivity contribution in [3.63, 3.8) is 0 Å². The highest BCUT2D eigenvalue weighted by Crippen LogP contribution is 2.13. The first-order valence-electron chi connectivity index (χ1n) is 5.79. The van der Waals surface area contributed by atoms with Crippen molar-refractivity contribution in [1.29, 1.82) is 0 Å². The lowest BCUT2D eigenvalue weighted by Gasteiger charge is -2.08. The van der Waals surface area contributed by atoms with E-state index in [4.69, 9.17) is 0 Å². The van der Waals surface area contributed by atoms with E-state index in [1.165, 1.54) is 12.0 Å². The summed E-state index contributed by atoms with van der Waals surface area (Å²) < 4.78 is 0. The molecular formula is C14H20O. The van der Waals surface area contributed by atoms with Crippen molar-refractivity contribution < 1.29 is 4.79 Å². The van der Waals surface area contributed by atoms with Crippen LogP contribution in [-0.2, 0) is 6.42 Å². The third-order valence-electron chi connectivity index (χ3n) is 2.88. The molecule has 1 heteroatoms. The Bertz CT molecular complexity index is 311. The Hall–Kier alpha value is -1.11. The highest BCUT2D eigenvalue weighted by Gasteiger charge is 2.04. The zero-order valence-corrected chi connectivity index (χ0v) is 9.92. The average Bonchev–Trinajstić information content (AvgIpc) is 2.29. The highest BCUT2D eigenvalue weighted by atomic mass is 16.1. The molecule has 1 rings (SSSR count). The molecular weight excluding hydrogens is 184 g/mol. The Morgan fingerprint density at radius 2 is 1.80 bits per heavy atom. The lowest BCUT2D eigenvalue weighted by atomic mass is 9.97. The second-order valence-corrected chi connectivity index (χ2v) is 4.19. The van der Waals surface area contributed by atoms with Gasteiger partial charge in [0.15, 0.2) is 5.78 Å². The Morgan fingerprint density at radius 3 is 2.27 bits per heavy atom. The van der Waals surface area contributed by atoms with Gasteiger partial charge in [-0.2, -0.15) is 0 Å². The maximum absolute atomic E-state index is 11.4. The lowest BCUT2D eigenvalue weighted by Crippen LogP contribution is -2.00. The maximum atomic E-state index is 11.4. The third-order valence-corrected chi connectivity index (χ3v) is 2.88. The molecule has 0 amide bonds. The van der Waals surface area contributed by atoms with E-state index < -0.39 is 0 Å². The van der Waals surface area contributed by atoms with Crippen molar-refractivity contribution in [1.82, 2.24) is 0 Å². The number of hydrogen-bond donors (Lipinski definition) is 0. The van der Waals surface area contributed by atoms with Crippen LogP contribution in [0.1, 0.15) is 49.5 Å². The number of rotatable bonds is 5. The van der Waals surface area contributed by atoms with E-state index >= 15 is 0 Å². The minimum absolute atomic E-state index is 0.227. The molecule has 0 saturated heterocycles. The Kier molecular flexibility index (Phi) is 4.54. The second-order valence-electron chi connectivity index (χ2n) is 4.19. The van der Waals surface area contributed by atoms with Gasteiger partial charge < -0.3 is 0 Å². The number of hydrogen-bond acceptors (Lipinski definition) is 1. The van der Waals surface area contributed by atoms with Crippen LogP contribution in [0.3, 0.4) is 0 Å². The van der Waals surface area contributed by atoms with E-state index in [-0.39, 0.29) is 5.78 Å². The van der Waals surface area contributed by atoms with Crippen LogP contribution in [0, 0.1) is 5.92 Å². The van der Waals surface area contributed by atoms with E-state index in [1.807, 2.05) is 19.1 Å². The van der Waals surface area contributed by atoms with Gasteiger partial charge in [0, 0.05) is 12.0 Å². The lowest BCUT2D eigenvalue weighted by molar-refractivity contribution is 0.0988. The molecule has 0 radical (unpaired) electrons. The molecule has 0 saturated carbocycles. The summed E-state index contributed by atoms with van der Waals surface area (Å²) in [6, 6.07) is 8.05. The van der Waals surface area contributed by atoms with Crippen molar-refractivity contribution in [2.45, 2.75) is 40.0 Å². The van der Waals surface area contributed by atoms with Gasteiger partial charge in [0.05, 0.1) is 0 Å². The molecule has 1 nitrogen and oxygen atoms in total. The summed E-state index contributed by atoms with van der Waals surface area (Å²) >= 11 is 0. The number of benzene rings is 1. The summed E-state index contributed by atoms with van der Waals surface area (Å²) in [5.74, 6) is 0.947. The molecule has 0 aromatic heterocycles. The molecule has 0 bridgehead atoms. The van der Waals surface area contributed by atoms with Crippen LogP contribution < -0.4 is 0 Å². The molecule has 0 aliphatic carbocycles. The standard InChI is InChI=1S/C14H20O/c1-4-11(3)10-12-6-8-13(9-7-12)14(15)5-2/h6-9,11H,4-5,10H2,1-3H3. The van der Waals surface area contributed by atoms with Crippen molar-refractivity contribution >= 4 is 5.78 Å². The van der Waals surface area contributed by atoms with E-state index in [0.717, 1.165) is 17.9 Å². The molecule has 1 aromatic carbocycles. The first kappa shape index (κ1) is 12.0. The molecule has 82 valence electrons. The zero-order valence-electron chi connectivity index (χ0n) is 9.92. The smallest absolute Gasteiger partial charge is 0.162 e. The first-order valence-corrected chi connectivity index (χ1v) is 5.79. The van der Waals surface area contributed by atoms with Gasteiger partial charge in [0.25, 0.3) is 0 Å². The van der Waals surface area contributed by atoms with Gasteiger partial charge in [-0.25, -0.2) is 0 Å². The number of carbonyl (C=O) groups excluding carboxylic acids is 1. The van der Waals surface area contributed by atoms with E-state index in [1.54, 1.807) is 0 Å².